The number of hydrogen-bond donors (Lipinski definition) is 0. The maximum Gasteiger partial charge on any atom is 0.234 e. The Balaban J connectivity index is 1.89. The fourth-order valence-corrected chi connectivity index (χ4v) is 4.25. The second-order valence-electron chi connectivity index (χ2n) is 6.64. The molecule has 0 radical (unpaired) electrons. The van der Waals surface area contributed by atoms with Crippen molar-refractivity contribution in [1.29, 1.82) is 0 Å². The molecule has 4 nitrogen and oxygen atoms in total. The summed E-state index contributed by atoms with van der Waals surface area (Å²) in [5, 5.41) is 1.22. The zero-order valence-electron chi connectivity index (χ0n) is 15.9. The predicted octanol–water partition coefficient (Wildman–Crippen LogP) is 6.23. The van der Waals surface area contributed by atoms with Gasteiger partial charge in [0.25, 0.3) is 0 Å². The summed E-state index contributed by atoms with van der Waals surface area (Å²) in [6.07, 6.45) is 3.72. The van der Waals surface area contributed by atoms with Gasteiger partial charge in [0.2, 0.25) is 5.78 Å². The Labute approximate surface area is 173 Å². The van der Waals surface area contributed by atoms with Crippen LogP contribution in [0.3, 0.4) is 0 Å². The number of rotatable bonds is 5. The van der Waals surface area contributed by atoms with E-state index in [-0.39, 0.29) is 0 Å². The number of halogens is 1. The number of hydrogen-bond acceptors (Lipinski definition) is 4. The number of aromatic nitrogens is 3. The quantitative estimate of drug-likeness (QED) is 0.366. The molecular weight excluding hydrogens is 390 g/mol. The molecule has 0 N–H and O–H groups in total. The summed E-state index contributed by atoms with van der Waals surface area (Å²) in [6, 6.07) is 16.0. The molecule has 2 aromatic carbocycles. The Morgan fingerprint density at radius 3 is 2.50 bits per heavy atom. The van der Waals surface area contributed by atoms with Crippen molar-refractivity contribution < 1.29 is 4.74 Å². The van der Waals surface area contributed by atoms with Crippen molar-refractivity contribution in [1.82, 2.24) is 14.4 Å². The summed E-state index contributed by atoms with van der Waals surface area (Å²) in [5.41, 5.74) is 3.83. The van der Waals surface area contributed by atoms with Gasteiger partial charge < -0.3 is 4.74 Å². The van der Waals surface area contributed by atoms with Crippen molar-refractivity contribution in [3.63, 3.8) is 0 Å². The van der Waals surface area contributed by atoms with Crippen LogP contribution in [0.1, 0.15) is 13.8 Å². The molecule has 28 heavy (non-hydrogen) atoms. The van der Waals surface area contributed by atoms with Crippen LogP contribution in [-0.4, -0.2) is 26.7 Å². The monoisotopic (exact) mass is 409 g/mol. The molecule has 2 heterocycles. The molecule has 0 aliphatic heterocycles. The summed E-state index contributed by atoms with van der Waals surface area (Å²) < 4.78 is 7.28. The van der Waals surface area contributed by atoms with Gasteiger partial charge in [-0.15, -0.1) is 11.8 Å². The lowest BCUT2D eigenvalue weighted by Crippen LogP contribution is -1.92. The Bertz CT molecular complexity index is 1120. The number of thioether (sulfide) groups is 1. The van der Waals surface area contributed by atoms with Crippen LogP contribution in [0.5, 0.6) is 5.75 Å². The Kier molecular flexibility index (Phi) is 5.29. The van der Waals surface area contributed by atoms with Crippen molar-refractivity contribution >= 4 is 29.1 Å². The van der Waals surface area contributed by atoms with E-state index in [1.165, 1.54) is 0 Å². The molecule has 0 saturated heterocycles. The van der Waals surface area contributed by atoms with E-state index in [4.69, 9.17) is 21.3 Å². The van der Waals surface area contributed by atoms with Crippen molar-refractivity contribution in [2.45, 2.75) is 24.0 Å². The number of fused-ring (bicyclic) bond motifs is 1. The van der Waals surface area contributed by atoms with Crippen LogP contribution in [-0.2, 0) is 0 Å². The molecule has 4 aromatic rings. The standard InChI is InChI=1S/C22H20ClN3OS/c1-14(2)28-19-10-7-16(13-18(19)23)21-20(15-5-8-17(27-3)9-6-15)25-22-24-11-4-12-26(21)22/h4-14H,1-3H3. The zero-order chi connectivity index (χ0) is 19.7. The van der Waals surface area contributed by atoms with E-state index >= 15 is 0 Å². The average Bonchev–Trinajstić information content (AvgIpc) is 3.09. The van der Waals surface area contributed by atoms with Gasteiger partial charge in [-0.1, -0.05) is 31.5 Å². The largest absolute Gasteiger partial charge is 0.497 e. The molecule has 4 rings (SSSR count). The normalized spacial score (nSPS) is 11.3. The van der Waals surface area contributed by atoms with E-state index < -0.39 is 0 Å². The van der Waals surface area contributed by atoms with Gasteiger partial charge in [0.05, 0.1) is 23.5 Å². The van der Waals surface area contributed by atoms with E-state index in [9.17, 15) is 0 Å². The van der Waals surface area contributed by atoms with Crippen LogP contribution in [0.2, 0.25) is 5.02 Å². The molecule has 0 saturated carbocycles. The van der Waals surface area contributed by atoms with Crippen LogP contribution >= 0.6 is 23.4 Å². The SMILES string of the molecule is COc1ccc(-c2nc3ncccn3c2-c2ccc(SC(C)C)c(Cl)c2)cc1. The molecule has 0 amide bonds. The van der Waals surface area contributed by atoms with Crippen LogP contribution in [0, 0.1) is 0 Å². The fraction of sp³-hybridized carbons (Fsp3) is 0.182. The molecular formula is C22H20ClN3OS. The molecule has 0 aliphatic carbocycles. The lowest BCUT2D eigenvalue weighted by molar-refractivity contribution is 0.415. The summed E-state index contributed by atoms with van der Waals surface area (Å²) in [5.74, 6) is 1.46. The Hall–Kier alpha value is -2.50. The lowest BCUT2D eigenvalue weighted by Gasteiger charge is -2.10. The van der Waals surface area contributed by atoms with Gasteiger partial charge >= 0.3 is 0 Å². The van der Waals surface area contributed by atoms with Gasteiger partial charge in [-0.2, -0.15) is 0 Å². The minimum absolute atomic E-state index is 0.471. The minimum Gasteiger partial charge on any atom is -0.497 e. The third-order valence-corrected chi connectivity index (χ3v) is 5.84. The van der Waals surface area contributed by atoms with Crippen LogP contribution in [0.25, 0.3) is 28.3 Å². The van der Waals surface area contributed by atoms with Crippen molar-refractivity contribution in [3.05, 3.63) is 65.9 Å². The summed E-state index contributed by atoms with van der Waals surface area (Å²) in [7, 11) is 1.66. The van der Waals surface area contributed by atoms with Crippen LogP contribution in [0.4, 0.5) is 0 Å². The lowest BCUT2D eigenvalue weighted by atomic mass is 10.0. The van der Waals surface area contributed by atoms with Crippen LogP contribution < -0.4 is 4.74 Å². The first-order valence-electron chi connectivity index (χ1n) is 9.01. The molecule has 0 bridgehead atoms. The summed E-state index contributed by atoms with van der Waals surface area (Å²) in [4.78, 5) is 10.3. The van der Waals surface area contributed by atoms with E-state index in [2.05, 4.69) is 31.0 Å². The highest BCUT2D eigenvalue weighted by atomic mass is 35.5. The molecule has 6 heteroatoms. The van der Waals surface area contributed by atoms with Gasteiger partial charge in [-0.25, -0.2) is 9.97 Å². The average molecular weight is 410 g/mol. The van der Waals surface area contributed by atoms with Crippen LogP contribution in [0.15, 0.2) is 65.8 Å². The summed E-state index contributed by atoms with van der Waals surface area (Å²) >= 11 is 8.36. The third-order valence-electron chi connectivity index (χ3n) is 4.34. The molecule has 0 spiro atoms. The highest BCUT2D eigenvalue weighted by molar-refractivity contribution is 8.00. The number of benzene rings is 2. The van der Waals surface area contributed by atoms with Gasteiger partial charge in [0.15, 0.2) is 0 Å². The number of nitrogens with zero attached hydrogens (tertiary/aromatic N) is 3. The third kappa shape index (κ3) is 3.60. The molecule has 2 aromatic heterocycles. The number of imidazole rings is 1. The summed E-state index contributed by atoms with van der Waals surface area (Å²) in [6.45, 7) is 4.32. The molecule has 0 unspecified atom stereocenters. The van der Waals surface area contributed by atoms with Gasteiger partial charge in [-0.05, 0) is 42.5 Å². The highest BCUT2D eigenvalue weighted by Crippen LogP contribution is 2.37. The van der Waals surface area contributed by atoms with E-state index in [0.717, 1.165) is 38.2 Å². The van der Waals surface area contributed by atoms with Gasteiger partial charge in [0.1, 0.15) is 5.75 Å². The molecule has 0 fully saturated rings. The maximum absolute atomic E-state index is 6.60. The smallest absolute Gasteiger partial charge is 0.234 e. The van der Waals surface area contributed by atoms with E-state index in [0.29, 0.717) is 11.0 Å². The van der Waals surface area contributed by atoms with Crippen molar-refractivity contribution in [2.75, 3.05) is 7.11 Å². The molecule has 0 atom stereocenters. The van der Waals surface area contributed by atoms with Crippen molar-refractivity contribution in [3.8, 4) is 28.3 Å². The highest BCUT2D eigenvalue weighted by Gasteiger charge is 2.18. The number of ether oxygens (including phenoxy) is 1. The van der Waals surface area contributed by atoms with E-state index in [1.54, 1.807) is 25.1 Å². The first kappa shape index (κ1) is 18.8. The second-order valence-corrected chi connectivity index (χ2v) is 8.66. The first-order chi connectivity index (χ1) is 13.6. The van der Waals surface area contributed by atoms with Gasteiger partial charge in [-0.3, -0.25) is 4.40 Å². The number of methoxy groups -OCH3 is 1. The predicted molar refractivity (Wildman–Crippen MR) is 116 cm³/mol. The molecule has 0 aliphatic rings. The Morgan fingerprint density at radius 2 is 1.82 bits per heavy atom. The topological polar surface area (TPSA) is 39.4 Å². The molecule has 142 valence electrons. The van der Waals surface area contributed by atoms with Gasteiger partial charge in [0, 0.05) is 33.7 Å². The van der Waals surface area contributed by atoms with Crippen molar-refractivity contribution in [2.24, 2.45) is 0 Å². The zero-order valence-corrected chi connectivity index (χ0v) is 17.5. The minimum atomic E-state index is 0.471. The maximum atomic E-state index is 6.60. The first-order valence-corrected chi connectivity index (χ1v) is 10.3. The van der Waals surface area contributed by atoms with E-state index in [1.807, 2.05) is 47.0 Å². The fourth-order valence-electron chi connectivity index (χ4n) is 3.11. The Morgan fingerprint density at radius 1 is 1.07 bits per heavy atom. The second kappa shape index (κ2) is 7.86.